The molecule has 21 heavy (non-hydrogen) atoms. The van der Waals surface area contributed by atoms with Crippen molar-refractivity contribution in [2.75, 3.05) is 7.11 Å². The van der Waals surface area contributed by atoms with E-state index in [0.29, 0.717) is 12.2 Å². The molecule has 5 heteroatoms. The molecule has 0 amide bonds. The fourth-order valence-electron chi connectivity index (χ4n) is 2.21. The van der Waals surface area contributed by atoms with Gasteiger partial charge in [0.2, 0.25) is 0 Å². The molecule has 4 nitrogen and oxygen atoms in total. The minimum absolute atomic E-state index is 0.256. The summed E-state index contributed by atoms with van der Waals surface area (Å²) in [4.78, 5) is 15.7. The Kier molecular flexibility index (Phi) is 3.58. The molecule has 3 rings (SSSR count). The van der Waals surface area contributed by atoms with E-state index in [1.54, 1.807) is 36.6 Å². The van der Waals surface area contributed by atoms with E-state index in [0.717, 1.165) is 20.8 Å². The van der Waals surface area contributed by atoms with Crippen LogP contribution in [-0.4, -0.2) is 23.2 Å². The Bertz CT molecular complexity index is 777. The van der Waals surface area contributed by atoms with Crippen LogP contribution in [0.15, 0.2) is 42.5 Å². The van der Waals surface area contributed by atoms with Gasteiger partial charge < -0.3 is 9.84 Å². The van der Waals surface area contributed by atoms with Gasteiger partial charge in [-0.2, -0.15) is 0 Å². The van der Waals surface area contributed by atoms with Crippen LogP contribution in [-0.2, 0) is 6.42 Å². The highest BCUT2D eigenvalue weighted by Crippen LogP contribution is 2.27. The van der Waals surface area contributed by atoms with Crippen LogP contribution in [0.3, 0.4) is 0 Å². The number of hydrogen-bond donors (Lipinski definition) is 1. The highest BCUT2D eigenvalue weighted by molar-refractivity contribution is 7.18. The third kappa shape index (κ3) is 2.73. The molecule has 0 spiro atoms. The maximum atomic E-state index is 11.1. The second kappa shape index (κ2) is 5.54. The number of hydrogen-bond acceptors (Lipinski definition) is 4. The number of aromatic carboxylic acids is 1. The predicted molar refractivity (Wildman–Crippen MR) is 82.4 cm³/mol. The van der Waals surface area contributed by atoms with Crippen molar-refractivity contribution in [1.29, 1.82) is 0 Å². The SMILES string of the molecule is COc1ccc(C(=O)O)cc1Cc1nc2ccccc2s1. The number of nitrogens with zero attached hydrogens (tertiary/aromatic N) is 1. The van der Waals surface area contributed by atoms with Gasteiger partial charge in [-0.05, 0) is 30.3 Å². The Hall–Kier alpha value is -2.40. The molecule has 0 bridgehead atoms. The minimum Gasteiger partial charge on any atom is -0.496 e. The highest BCUT2D eigenvalue weighted by atomic mass is 32.1. The van der Waals surface area contributed by atoms with E-state index in [-0.39, 0.29) is 5.56 Å². The lowest BCUT2D eigenvalue weighted by Crippen LogP contribution is -2.00. The van der Waals surface area contributed by atoms with Crippen molar-refractivity contribution < 1.29 is 14.6 Å². The lowest BCUT2D eigenvalue weighted by atomic mass is 10.1. The van der Waals surface area contributed by atoms with Crippen LogP contribution < -0.4 is 4.74 Å². The number of para-hydroxylation sites is 1. The Morgan fingerprint density at radius 2 is 2.10 bits per heavy atom. The first kappa shape index (κ1) is 13.6. The fourth-order valence-corrected chi connectivity index (χ4v) is 3.20. The first-order valence-corrected chi connectivity index (χ1v) is 7.23. The van der Waals surface area contributed by atoms with E-state index in [1.165, 1.54) is 0 Å². The number of carboxylic acids is 1. The summed E-state index contributed by atoms with van der Waals surface area (Å²) in [6.07, 6.45) is 0.559. The minimum atomic E-state index is -0.941. The third-order valence-electron chi connectivity index (χ3n) is 3.21. The van der Waals surface area contributed by atoms with Crippen LogP contribution in [0.5, 0.6) is 5.75 Å². The molecule has 1 heterocycles. The van der Waals surface area contributed by atoms with Gasteiger partial charge in [-0.25, -0.2) is 9.78 Å². The number of fused-ring (bicyclic) bond motifs is 1. The molecule has 1 N–H and O–H groups in total. The van der Waals surface area contributed by atoms with Crippen molar-refractivity contribution in [3.05, 3.63) is 58.6 Å². The van der Waals surface area contributed by atoms with Crippen molar-refractivity contribution in [3.63, 3.8) is 0 Å². The van der Waals surface area contributed by atoms with Crippen LogP contribution in [0.2, 0.25) is 0 Å². The molecule has 0 fully saturated rings. The molecule has 1 aromatic heterocycles. The first-order chi connectivity index (χ1) is 10.2. The summed E-state index contributed by atoms with van der Waals surface area (Å²) in [5.41, 5.74) is 2.05. The number of rotatable bonds is 4. The molecule has 0 aliphatic carbocycles. The van der Waals surface area contributed by atoms with E-state index in [9.17, 15) is 4.79 Å². The van der Waals surface area contributed by atoms with Gasteiger partial charge in [-0.1, -0.05) is 12.1 Å². The summed E-state index contributed by atoms with van der Waals surface area (Å²) in [6, 6.07) is 12.8. The Morgan fingerprint density at radius 1 is 1.29 bits per heavy atom. The third-order valence-corrected chi connectivity index (χ3v) is 4.24. The molecule has 106 valence electrons. The second-order valence-electron chi connectivity index (χ2n) is 4.58. The van der Waals surface area contributed by atoms with E-state index < -0.39 is 5.97 Å². The van der Waals surface area contributed by atoms with Crippen LogP contribution in [0.4, 0.5) is 0 Å². The van der Waals surface area contributed by atoms with Crippen LogP contribution in [0, 0.1) is 0 Å². The molecular formula is C16H13NO3S. The largest absolute Gasteiger partial charge is 0.496 e. The zero-order chi connectivity index (χ0) is 14.8. The van der Waals surface area contributed by atoms with Crippen LogP contribution in [0.1, 0.15) is 20.9 Å². The maximum absolute atomic E-state index is 11.1. The number of ether oxygens (including phenoxy) is 1. The van der Waals surface area contributed by atoms with Gasteiger partial charge in [-0.15, -0.1) is 11.3 Å². The number of methoxy groups -OCH3 is 1. The monoisotopic (exact) mass is 299 g/mol. The predicted octanol–water partition coefficient (Wildman–Crippen LogP) is 3.59. The van der Waals surface area contributed by atoms with Gasteiger partial charge in [0.15, 0.2) is 0 Å². The van der Waals surface area contributed by atoms with E-state index in [2.05, 4.69) is 4.98 Å². The molecule has 0 saturated carbocycles. The summed E-state index contributed by atoms with van der Waals surface area (Å²) in [6.45, 7) is 0. The van der Waals surface area contributed by atoms with E-state index in [4.69, 9.17) is 9.84 Å². The van der Waals surface area contributed by atoms with Gasteiger partial charge in [0, 0.05) is 12.0 Å². The molecule has 0 aliphatic rings. The van der Waals surface area contributed by atoms with Crippen molar-refractivity contribution >= 4 is 27.5 Å². The summed E-state index contributed by atoms with van der Waals surface area (Å²) in [7, 11) is 1.58. The first-order valence-electron chi connectivity index (χ1n) is 6.42. The molecule has 0 radical (unpaired) electrons. The normalized spacial score (nSPS) is 10.7. The lowest BCUT2D eigenvalue weighted by Gasteiger charge is -2.08. The molecule has 0 aliphatic heterocycles. The van der Waals surface area contributed by atoms with Crippen molar-refractivity contribution in [3.8, 4) is 5.75 Å². The van der Waals surface area contributed by atoms with Gasteiger partial charge in [0.05, 0.1) is 27.9 Å². The number of carboxylic acid groups (broad SMARTS) is 1. The molecular weight excluding hydrogens is 286 g/mol. The Morgan fingerprint density at radius 3 is 2.81 bits per heavy atom. The summed E-state index contributed by atoms with van der Waals surface area (Å²) < 4.78 is 6.44. The smallest absolute Gasteiger partial charge is 0.335 e. The van der Waals surface area contributed by atoms with Crippen LogP contribution in [0.25, 0.3) is 10.2 Å². The maximum Gasteiger partial charge on any atom is 0.335 e. The topological polar surface area (TPSA) is 59.4 Å². The molecule has 0 unspecified atom stereocenters. The number of carbonyl (C=O) groups is 1. The Balaban J connectivity index is 1.99. The summed E-state index contributed by atoms with van der Waals surface area (Å²) in [5, 5.41) is 10.0. The van der Waals surface area contributed by atoms with Crippen molar-refractivity contribution in [1.82, 2.24) is 4.98 Å². The zero-order valence-corrected chi connectivity index (χ0v) is 12.2. The standard InChI is InChI=1S/C16H13NO3S/c1-20-13-7-6-10(16(18)19)8-11(13)9-15-17-12-4-2-3-5-14(12)21-15/h2-8H,9H2,1H3,(H,18,19). The van der Waals surface area contributed by atoms with Gasteiger partial charge in [0.25, 0.3) is 0 Å². The van der Waals surface area contributed by atoms with E-state index in [1.807, 2.05) is 24.3 Å². The molecule has 3 aromatic rings. The van der Waals surface area contributed by atoms with E-state index >= 15 is 0 Å². The number of benzene rings is 2. The highest BCUT2D eigenvalue weighted by Gasteiger charge is 2.12. The summed E-state index contributed by atoms with van der Waals surface area (Å²) >= 11 is 1.61. The molecule has 2 aromatic carbocycles. The average Bonchev–Trinajstić information content (AvgIpc) is 2.89. The fraction of sp³-hybridized carbons (Fsp3) is 0.125. The number of thiazole rings is 1. The molecule has 0 saturated heterocycles. The van der Waals surface area contributed by atoms with Gasteiger partial charge >= 0.3 is 5.97 Å². The van der Waals surface area contributed by atoms with Gasteiger partial charge in [-0.3, -0.25) is 0 Å². The summed E-state index contributed by atoms with van der Waals surface area (Å²) in [5.74, 6) is -0.262. The second-order valence-corrected chi connectivity index (χ2v) is 5.70. The zero-order valence-electron chi connectivity index (χ0n) is 11.4. The van der Waals surface area contributed by atoms with Crippen LogP contribution >= 0.6 is 11.3 Å². The van der Waals surface area contributed by atoms with Crippen molar-refractivity contribution in [2.24, 2.45) is 0 Å². The quantitative estimate of drug-likeness (QED) is 0.799. The Labute approximate surface area is 125 Å². The lowest BCUT2D eigenvalue weighted by molar-refractivity contribution is 0.0696. The number of aromatic nitrogens is 1. The van der Waals surface area contributed by atoms with Gasteiger partial charge in [0.1, 0.15) is 5.75 Å². The average molecular weight is 299 g/mol. The van der Waals surface area contributed by atoms with Crippen molar-refractivity contribution in [2.45, 2.75) is 6.42 Å². The molecule has 0 atom stereocenters.